The molecule has 110 valence electrons. The number of ether oxygens (including phenoxy) is 1. The Morgan fingerprint density at radius 1 is 1.24 bits per heavy atom. The summed E-state index contributed by atoms with van der Waals surface area (Å²) in [6, 6.07) is 10.1. The minimum atomic E-state index is -0.989. The smallest absolute Gasteiger partial charge is 0.129 e. The van der Waals surface area contributed by atoms with E-state index in [1.54, 1.807) is 18.2 Å². The van der Waals surface area contributed by atoms with Crippen LogP contribution in [0, 0.1) is 5.82 Å². The second-order valence-electron chi connectivity index (χ2n) is 5.97. The Kier molecular flexibility index (Phi) is 3.54. The number of rotatable bonds is 2. The first kappa shape index (κ1) is 14.5. The minimum absolute atomic E-state index is 0.229. The van der Waals surface area contributed by atoms with E-state index in [-0.39, 0.29) is 11.2 Å². The largest absolute Gasteiger partial charge is 0.487 e. The van der Waals surface area contributed by atoms with Crippen molar-refractivity contribution in [2.24, 2.45) is 0 Å². The maximum absolute atomic E-state index is 13.9. The Bertz CT molecular complexity index is 697. The number of aliphatic hydroxyl groups excluding tert-OH is 1. The van der Waals surface area contributed by atoms with Gasteiger partial charge in [-0.25, -0.2) is 4.39 Å². The molecule has 0 radical (unpaired) electrons. The lowest BCUT2D eigenvalue weighted by Gasteiger charge is -2.16. The van der Waals surface area contributed by atoms with Crippen LogP contribution in [0.2, 0.25) is 0 Å². The molecule has 1 N–H and O–H groups in total. The third-order valence-electron chi connectivity index (χ3n) is 3.66. The van der Waals surface area contributed by atoms with Crippen LogP contribution >= 0.6 is 15.9 Å². The molecule has 0 saturated carbocycles. The normalized spacial score (nSPS) is 17.2. The number of benzene rings is 2. The van der Waals surface area contributed by atoms with Crippen molar-refractivity contribution in [3.05, 3.63) is 63.4 Å². The third kappa shape index (κ3) is 2.83. The molecule has 0 aromatic heterocycles. The highest BCUT2D eigenvalue weighted by Gasteiger charge is 2.30. The van der Waals surface area contributed by atoms with Crippen LogP contribution in [0.1, 0.15) is 36.6 Å². The second kappa shape index (κ2) is 5.11. The highest BCUT2D eigenvalue weighted by molar-refractivity contribution is 9.10. The van der Waals surface area contributed by atoms with Crippen molar-refractivity contribution in [2.45, 2.75) is 32.0 Å². The van der Waals surface area contributed by atoms with Crippen molar-refractivity contribution in [3.63, 3.8) is 0 Å². The Morgan fingerprint density at radius 3 is 2.76 bits per heavy atom. The molecule has 21 heavy (non-hydrogen) atoms. The Labute approximate surface area is 131 Å². The van der Waals surface area contributed by atoms with Crippen molar-refractivity contribution in [2.75, 3.05) is 0 Å². The Hall–Kier alpha value is -1.39. The van der Waals surface area contributed by atoms with E-state index >= 15 is 0 Å². The summed E-state index contributed by atoms with van der Waals surface area (Å²) < 4.78 is 20.5. The van der Waals surface area contributed by atoms with E-state index in [1.807, 2.05) is 26.0 Å². The molecule has 1 unspecified atom stereocenters. The molecule has 1 atom stereocenters. The van der Waals surface area contributed by atoms with Gasteiger partial charge in [0.25, 0.3) is 0 Å². The maximum Gasteiger partial charge on any atom is 0.129 e. The van der Waals surface area contributed by atoms with Crippen LogP contribution < -0.4 is 4.74 Å². The lowest BCUT2D eigenvalue weighted by molar-refractivity contribution is 0.138. The van der Waals surface area contributed by atoms with E-state index < -0.39 is 11.9 Å². The van der Waals surface area contributed by atoms with Crippen molar-refractivity contribution in [1.82, 2.24) is 0 Å². The van der Waals surface area contributed by atoms with E-state index in [0.717, 1.165) is 22.2 Å². The van der Waals surface area contributed by atoms with Crippen LogP contribution in [0.15, 0.2) is 40.9 Å². The highest BCUT2D eigenvalue weighted by atomic mass is 79.9. The van der Waals surface area contributed by atoms with Gasteiger partial charge in [0.15, 0.2) is 0 Å². The number of hydrogen-bond donors (Lipinski definition) is 1. The first-order valence-electron chi connectivity index (χ1n) is 6.80. The van der Waals surface area contributed by atoms with E-state index in [2.05, 4.69) is 15.9 Å². The van der Waals surface area contributed by atoms with Crippen LogP contribution in [0.4, 0.5) is 4.39 Å². The fourth-order valence-electron chi connectivity index (χ4n) is 2.70. The zero-order valence-corrected chi connectivity index (χ0v) is 13.4. The van der Waals surface area contributed by atoms with Gasteiger partial charge in [-0.15, -0.1) is 0 Å². The quantitative estimate of drug-likeness (QED) is 0.870. The first-order chi connectivity index (χ1) is 9.85. The number of hydrogen-bond acceptors (Lipinski definition) is 2. The standard InChI is InChI=1S/C17H16BrFO2/c1-17(2)9-11-7-10(3-6-15(11)21-17)16(20)13-8-12(18)4-5-14(13)19/h3-8,16,20H,9H2,1-2H3. The van der Waals surface area contributed by atoms with E-state index in [9.17, 15) is 9.50 Å². The zero-order valence-electron chi connectivity index (χ0n) is 11.9. The average molecular weight is 351 g/mol. The molecule has 0 aliphatic carbocycles. The summed E-state index contributed by atoms with van der Waals surface area (Å²) >= 11 is 3.30. The van der Waals surface area contributed by atoms with E-state index in [0.29, 0.717) is 5.56 Å². The molecular formula is C17H16BrFO2. The lowest BCUT2D eigenvalue weighted by Crippen LogP contribution is -2.24. The van der Waals surface area contributed by atoms with Gasteiger partial charge in [-0.3, -0.25) is 0 Å². The topological polar surface area (TPSA) is 29.5 Å². The van der Waals surface area contributed by atoms with Gasteiger partial charge in [-0.2, -0.15) is 0 Å². The second-order valence-corrected chi connectivity index (χ2v) is 6.89. The molecule has 0 bridgehead atoms. The molecule has 2 aromatic rings. The SMILES string of the molecule is CC1(C)Cc2cc(C(O)c3cc(Br)ccc3F)ccc2O1. The molecule has 1 aliphatic rings. The van der Waals surface area contributed by atoms with E-state index in [1.165, 1.54) is 6.07 Å². The molecule has 0 spiro atoms. The minimum Gasteiger partial charge on any atom is -0.487 e. The summed E-state index contributed by atoms with van der Waals surface area (Å²) in [6.45, 7) is 4.05. The van der Waals surface area contributed by atoms with Gasteiger partial charge >= 0.3 is 0 Å². The van der Waals surface area contributed by atoms with Crippen LogP contribution in [0.5, 0.6) is 5.75 Å². The van der Waals surface area contributed by atoms with E-state index in [4.69, 9.17) is 4.74 Å². The molecule has 1 aliphatic heterocycles. The summed E-state index contributed by atoms with van der Waals surface area (Å²) in [4.78, 5) is 0. The summed E-state index contributed by atoms with van der Waals surface area (Å²) in [5.74, 6) is 0.424. The molecule has 2 nitrogen and oxygen atoms in total. The molecule has 0 saturated heterocycles. The van der Waals surface area contributed by atoms with Crippen LogP contribution in [-0.4, -0.2) is 10.7 Å². The number of aliphatic hydroxyl groups is 1. The van der Waals surface area contributed by atoms with Gasteiger partial charge in [-0.05, 0) is 55.3 Å². The number of fused-ring (bicyclic) bond motifs is 1. The monoisotopic (exact) mass is 350 g/mol. The van der Waals surface area contributed by atoms with Gasteiger partial charge < -0.3 is 9.84 Å². The fourth-order valence-corrected chi connectivity index (χ4v) is 3.08. The van der Waals surface area contributed by atoms with Gasteiger partial charge in [-0.1, -0.05) is 22.0 Å². The van der Waals surface area contributed by atoms with Gasteiger partial charge in [0.1, 0.15) is 23.3 Å². The van der Waals surface area contributed by atoms with Crippen LogP contribution in [0.3, 0.4) is 0 Å². The molecule has 0 amide bonds. The molecule has 1 heterocycles. The van der Waals surface area contributed by atoms with Gasteiger partial charge in [0, 0.05) is 16.5 Å². The summed E-state index contributed by atoms with van der Waals surface area (Å²) in [5.41, 5.74) is 1.76. The maximum atomic E-state index is 13.9. The Morgan fingerprint density at radius 2 is 2.00 bits per heavy atom. The molecule has 4 heteroatoms. The average Bonchev–Trinajstić information content (AvgIpc) is 2.73. The zero-order chi connectivity index (χ0) is 15.2. The summed E-state index contributed by atoms with van der Waals surface area (Å²) in [6.07, 6.45) is -0.208. The fraction of sp³-hybridized carbons (Fsp3) is 0.294. The Balaban J connectivity index is 1.97. The molecular weight excluding hydrogens is 335 g/mol. The molecule has 2 aromatic carbocycles. The summed E-state index contributed by atoms with van der Waals surface area (Å²) in [7, 11) is 0. The van der Waals surface area contributed by atoms with Crippen molar-refractivity contribution < 1.29 is 14.2 Å². The molecule has 0 fully saturated rings. The van der Waals surface area contributed by atoms with Crippen LogP contribution in [-0.2, 0) is 6.42 Å². The predicted molar refractivity (Wildman–Crippen MR) is 83.0 cm³/mol. The van der Waals surface area contributed by atoms with Crippen molar-refractivity contribution in [3.8, 4) is 5.75 Å². The van der Waals surface area contributed by atoms with Crippen molar-refractivity contribution >= 4 is 15.9 Å². The van der Waals surface area contributed by atoms with Crippen LogP contribution in [0.25, 0.3) is 0 Å². The lowest BCUT2D eigenvalue weighted by atomic mass is 9.96. The first-order valence-corrected chi connectivity index (χ1v) is 7.60. The van der Waals surface area contributed by atoms with Gasteiger partial charge in [0.2, 0.25) is 0 Å². The highest BCUT2D eigenvalue weighted by Crippen LogP contribution is 2.37. The summed E-state index contributed by atoms with van der Waals surface area (Å²) in [5, 5.41) is 10.5. The van der Waals surface area contributed by atoms with Gasteiger partial charge in [0.05, 0.1) is 0 Å². The number of halogens is 2. The predicted octanol–water partition coefficient (Wildman–Crippen LogP) is 4.38. The van der Waals surface area contributed by atoms with Crippen molar-refractivity contribution in [1.29, 1.82) is 0 Å². The molecule has 3 rings (SSSR count). The third-order valence-corrected chi connectivity index (χ3v) is 4.15.